The lowest BCUT2D eigenvalue weighted by Gasteiger charge is -2.36. The largest absolute Gasteiger partial charge is 0.452 e. The zero-order valence-electron chi connectivity index (χ0n) is 23.1. The predicted molar refractivity (Wildman–Crippen MR) is 152 cm³/mol. The van der Waals surface area contributed by atoms with Crippen molar-refractivity contribution in [1.29, 1.82) is 0 Å². The van der Waals surface area contributed by atoms with E-state index in [-0.39, 0.29) is 24.1 Å². The van der Waals surface area contributed by atoms with Gasteiger partial charge in [-0.3, -0.25) is 9.69 Å². The molecule has 0 radical (unpaired) electrons. The monoisotopic (exact) mass is 529 g/mol. The summed E-state index contributed by atoms with van der Waals surface area (Å²) in [5.74, 6) is 1.40. The van der Waals surface area contributed by atoms with Gasteiger partial charge in [-0.1, -0.05) is 36.8 Å². The molecule has 2 aromatic carbocycles. The second-order valence-corrected chi connectivity index (χ2v) is 11.3. The van der Waals surface area contributed by atoms with Crippen LogP contribution in [0.15, 0.2) is 42.5 Å². The van der Waals surface area contributed by atoms with Gasteiger partial charge in [-0.15, -0.1) is 0 Å². The van der Waals surface area contributed by atoms with Crippen molar-refractivity contribution < 1.29 is 14.3 Å². The smallest absolute Gasteiger partial charge is 0.414 e. The second kappa shape index (κ2) is 11.0. The van der Waals surface area contributed by atoms with E-state index in [2.05, 4.69) is 58.1 Å². The normalized spacial score (nSPS) is 23.5. The van der Waals surface area contributed by atoms with Crippen LogP contribution in [0.1, 0.15) is 62.0 Å². The highest BCUT2D eigenvalue weighted by molar-refractivity contribution is 5.95. The molecule has 39 heavy (non-hydrogen) atoms. The number of methoxy groups -OCH3 is 1. The van der Waals surface area contributed by atoms with E-state index in [0.29, 0.717) is 5.91 Å². The molecule has 8 heteroatoms. The number of nitrogens with one attached hydrogen (secondary N) is 1. The van der Waals surface area contributed by atoms with Gasteiger partial charge in [0.15, 0.2) is 0 Å². The number of benzene rings is 2. The molecule has 3 heterocycles. The summed E-state index contributed by atoms with van der Waals surface area (Å²) in [6, 6.07) is 15.0. The maximum Gasteiger partial charge on any atom is 0.414 e. The number of fused-ring (bicyclic) bond motifs is 3. The minimum absolute atomic E-state index is 0.0529. The molecule has 3 atom stereocenters. The number of rotatable bonds is 4. The van der Waals surface area contributed by atoms with Crippen LogP contribution in [0.4, 0.5) is 10.5 Å². The van der Waals surface area contributed by atoms with Gasteiger partial charge in [0.1, 0.15) is 5.82 Å². The number of hydrogen-bond donors (Lipinski definition) is 1. The molecule has 3 aromatic rings. The molecule has 8 nitrogen and oxygen atoms in total. The second-order valence-electron chi connectivity index (χ2n) is 11.3. The Labute approximate surface area is 230 Å². The summed E-state index contributed by atoms with van der Waals surface area (Å²) in [7, 11) is 1.44. The lowest BCUT2D eigenvalue weighted by atomic mass is 9.84. The Kier molecular flexibility index (Phi) is 7.30. The highest BCUT2D eigenvalue weighted by Crippen LogP contribution is 2.41. The number of amides is 2. The molecule has 1 N–H and O–H groups in total. The molecule has 2 amide bonds. The van der Waals surface area contributed by atoms with Gasteiger partial charge in [0.05, 0.1) is 23.8 Å². The van der Waals surface area contributed by atoms with Crippen molar-refractivity contribution in [2.45, 2.75) is 64.0 Å². The molecule has 1 aliphatic carbocycles. The summed E-state index contributed by atoms with van der Waals surface area (Å²) in [5.41, 5.74) is 5.33. The fraction of sp³-hybridized carbons (Fsp3) is 0.516. The maximum absolute atomic E-state index is 13.5. The van der Waals surface area contributed by atoms with E-state index >= 15 is 0 Å². The Hall–Kier alpha value is -3.39. The number of carbonyl (C=O) groups excluding carboxylic acids is 2. The van der Waals surface area contributed by atoms with E-state index in [4.69, 9.17) is 9.72 Å². The minimum atomic E-state index is -0.326. The van der Waals surface area contributed by atoms with Crippen molar-refractivity contribution in [3.8, 4) is 0 Å². The number of piperazine rings is 1. The first-order valence-corrected chi connectivity index (χ1v) is 14.5. The van der Waals surface area contributed by atoms with Crippen molar-refractivity contribution in [2.75, 3.05) is 38.2 Å². The van der Waals surface area contributed by atoms with E-state index in [1.807, 2.05) is 6.07 Å². The van der Waals surface area contributed by atoms with Crippen LogP contribution >= 0.6 is 0 Å². The molecule has 2 fully saturated rings. The van der Waals surface area contributed by atoms with Crippen LogP contribution in [-0.2, 0) is 22.4 Å². The average molecular weight is 530 g/mol. The summed E-state index contributed by atoms with van der Waals surface area (Å²) in [6.45, 7) is 5.42. The Morgan fingerprint density at radius 3 is 2.62 bits per heavy atom. The third-order valence-corrected chi connectivity index (χ3v) is 8.89. The Morgan fingerprint density at radius 2 is 1.85 bits per heavy atom. The fourth-order valence-electron chi connectivity index (χ4n) is 6.90. The number of hydrogen-bond acceptors (Lipinski definition) is 5. The standard InChI is InChI=1S/C31H39N5O3/c1-21-11-12-25-26(35(21)31(38)39-2)13-14-27-29(25)33-28(19-22-7-4-3-5-8-22)36(27)24-10-6-9-23(20-24)30(37)34-17-15-32-16-18-34/h3-5,7-8,13-14,21,23-24,32H,6,9-12,15-20H2,1-2H3/t21-,23+,24+/m0/s1. The van der Waals surface area contributed by atoms with Gasteiger partial charge in [0, 0.05) is 56.2 Å². The summed E-state index contributed by atoms with van der Waals surface area (Å²) < 4.78 is 7.57. The molecule has 0 spiro atoms. The van der Waals surface area contributed by atoms with Crippen molar-refractivity contribution in [1.82, 2.24) is 19.8 Å². The topological polar surface area (TPSA) is 79.7 Å². The van der Waals surface area contributed by atoms with Crippen molar-refractivity contribution in [3.05, 3.63) is 59.4 Å². The van der Waals surface area contributed by atoms with Crippen LogP contribution in [0.5, 0.6) is 0 Å². The van der Waals surface area contributed by atoms with Crippen molar-refractivity contribution in [3.63, 3.8) is 0 Å². The molecule has 2 aliphatic heterocycles. The van der Waals surface area contributed by atoms with Crippen LogP contribution < -0.4 is 10.2 Å². The SMILES string of the molecule is COC(=O)N1c2ccc3c(nc(Cc4ccccc4)n3[C@@H]3CCC[C@@H](C(=O)N4CCNCC4)C3)c2CC[C@@H]1C. The lowest BCUT2D eigenvalue weighted by Crippen LogP contribution is -2.49. The van der Waals surface area contributed by atoms with Crippen molar-refractivity contribution >= 4 is 28.7 Å². The van der Waals surface area contributed by atoms with Gasteiger partial charge >= 0.3 is 6.09 Å². The van der Waals surface area contributed by atoms with Crippen LogP contribution in [0, 0.1) is 5.92 Å². The molecule has 6 rings (SSSR count). The van der Waals surface area contributed by atoms with Gasteiger partial charge < -0.3 is 19.5 Å². The van der Waals surface area contributed by atoms with E-state index in [1.54, 1.807) is 4.90 Å². The zero-order valence-corrected chi connectivity index (χ0v) is 23.1. The molecular weight excluding hydrogens is 490 g/mol. The first-order chi connectivity index (χ1) is 19.0. The van der Waals surface area contributed by atoms with Crippen LogP contribution in [0.2, 0.25) is 0 Å². The molecule has 0 bridgehead atoms. The van der Waals surface area contributed by atoms with Crippen LogP contribution in [0.3, 0.4) is 0 Å². The van der Waals surface area contributed by atoms with Crippen LogP contribution in [-0.4, -0.2) is 65.8 Å². The number of anilines is 1. The van der Waals surface area contributed by atoms with Gasteiger partial charge in [0.2, 0.25) is 5.91 Å². The lowest BCUT2D eigenvalue weighted by molar-refractivity contribution is -0.137. The average Bonchev–Trinajstić information content (AvgIpc) is 3.35. The number of imidazole rings is 1. The molecule has 206 valence electrons. The minimum Gasteiger partial charge on any atom is -0.452 e. The van der Waals surface area contributed by atoms with E-state index in [1.165, 1.54) is 12.7 Å². The summed E-state index contributed by atoms with van der Waals surface area (Å²) >= 11 is 0. The molecule has 1 saturated carbocycles. The molecule has 0 unspecified atom stereocenters. The predicted octanol–water partition coefficient (Wildman–Crippen LogP) is 4.70. The van der Waals surface area contributed by atoms with E-state index < -0.39 is 0 Å². The summed E-state index contributed by atoms with van der Waals surface area (Å²) in [6.07, 6.45) is 6.03. The number of aryl methyl sites for hydroxylation is 1. The van der Waals surface area contributed by atoms with Gasteiger partial charge in [0.25, 0.3) is 0 Å². The van der Waals surface area contributed by atoms with Crippen molar-refractivity contribution in [2.24, 2.45) is 5.92 Å². The van der Waals surface area contributed by atoms with E-state index in [0.717, 1.165) is 99.2 Å². The zero-order chi connectivity index (χ0) is 26.9. The molecular formula is C31H39N5O3. The number of aromatic nitrogens is 2. The Balaban J connectivity index is 1.40. The Bertz CT molecular complexity index is 1350. The number of carbonyl (C=O) groups is 2. The first kappa shape index (κ1) is 25.9. The Morgan fingerprint density at radius 1 is 1.05 bits per heavy atom. The molecule has 1 aromatic heterocycles. The van der Waals surface area contributed by atoms with Gasteiger partial charge in [-0.05, 0) is 56.7 Å². The third-order valence-electron chi connectivity index (χ3n) is 8.89. The fourth-order valence-corrected chi connectivity index (χ4v) is 6.90. The molecule has 3 aliphatic rings. The van der Waals surface area contributed by atoms with Gasteiger partial charge in [-0.2, -0.15) is 0 Å². The summed E-state index contributed by atoms with van der Waals surface area (Å²) in [5, 5.41) is 3.36. The highest BCUT2D eigenvalue weighted by Gasteiger charge is 2.35. The highest BCUT2D eigenvalue weighted by atomic mass is 16.5. The summed E-state index contributed by atoms with van der Waals surface area (Å²) in [4.78, 5) is 35.3. The first-order valence-electron chi connectivity index (χ1n) is 14.5. The molecule has 1 saturated heterocycles. The quantitative estimate of drug-likeness (QED) is 0.530. The number of nitrogens with zero attached hydrogens (tertiary/aromatic N) is 4. The maximum atomic E-state index is 13.5. The van der Waals surface area contributed by atoms with E-state index in [9.17, 15) is 9.59 Å². The van der Waals surface area contributed by atoms with Crippen LogP contribution in [0.25, 0.3) is 11.0 Å². The number of ether oxygens (including phenoxy) is 1. The third kappa shape index (κ3) is 4.91. The van der Waals surface area contributed by atoms with Gasteiger partial charge in [-0.25, -0.2) is 9.78 Å².